The van der Waals surface area contributed by atoms with Crippen molar-refractivity contribution in [2.24, 2.45) is 5.92 Å². The number of hydrogen-bond acceptors (Lipinski definition) is 6. The summed E-state index contributed by atoms with van der Waals surface area (Å²) in [4.78, 5) is 16.9. The van der Waals surface area contributed by atoms with Gasteiger partial charge in [-0.15, -0.1) is 0 Å². The molecule has 0 spiro atoms. The summed E-state index contributed by atoms with van der Waals surface area (Å²) in [6, 6.07) is 5.11. The van der Waals surface area contributed by atoms with Gasteiger partial charge in [0.05, 0.1) is 17.2 Å². The molecule has 1 aromatic carbocycles. The van der Waals surface area contributed by atoms with Crippen molar-refractivity contribution in [3.05, 3.63) is 57.9 Å². The van der Waals surface area contributed by atoms with Gasteiger partial charge >= 0.3 is 6.18 Å². The first-order valence-electron chi connectivity index (χ1n) is 14.5. The molecule has 222 valence electrons. The van der Waals surface area contributed by atoms with Crippen LogP contribution in [0.1, 0.15) is 83.3 Å². The van der Waals surface area contributed by atoms with Crippen molar-refractivity contribution in [2.45, 2.75) is 96.9 Å². The Morgan fingerprint density at radius 2 is 1.77 bits per heavy atom. The first-order chi connectivity index (χ1) is 19.1. The Kier molecular flexibility index (Phi) is 12.0. The van der Waals surface area contributed by atoms with Gasteiger partial charge in [0.2, 0.25) is 0 Å². The molecule has 0 amide bonds. The summed E-state index contributed by atoms with van der Waals surface area (Å²) >= 11 is 0. The molecule has 1 aromatic heterocycles. The van der Waals surface area contributed by atoms with Crippen LogP contribution in [0.3, 0.4) is 0 Å². The van der Waals surface area contributed by atoms with Gasteiger partial charge in [0, 0.05) is 24.0 Å². The van der Waals surface area contributed by atoms with Crippen molar-refractivity contribution >= 4 is 11.4 Å². The van der Waals surface area contributed by atoms with E-state index in [0.717, 1.165) is 81.6 Å². The molecule has 0 saturated heterocycles. The number of nitro groups is 1. The van der Waals surface area contributed by atoms with Gasteiger partial charge < -0.3 is 15.0 Å². The quantitative estimate of drug-likeness (QED) is 0.175. The topological polar surface area (TPSA) is 80.5 Å². The molecule has 1 N–H and O–H groups in total. The number of alkyl halides is 3. The van der Waals surface area contributed by atoms with Crippen LogP contribution in [0.5, 0.6) is 5.75 Å². The van der Waals surface area contributed by atoms with Crippen LogP contribution in [0.4, 0.5) is 24.5 Å². The Morgan fingerprint density at radius 3 is 2.40 bits per heavy atom. The Morgan fingerprint density at radius 1 is 1.07 bits per heavy atom. The Bertz CT molecular complexity index is 1070. The van der Waals surface area contributed by atoms with Crippen molar-refractivity contribution in [3.63, 3.8) is 0 Å². The fourth-order valence-corrected chi connectivity index (χ4v) is 5.36. The number of halogens is 3. The highest BCUT2D eigenvalue weighted by Gasteiger charge is 2.38. The Balaban J connectivity index is 1.45. The van der Waals surface area contributed by atoms with Crippen molar-refractivity contribution in [3.8, 4) is 5.75 Å². The lowest BCUT2D eigenvalue weighted by atomic mass is 9.92. The largest absolute Gasteiger partial charge is 0.489 e. The maximum Gasteiger partial charge on any atom is 0.423 e. The molecule has 3 rings (SSSR count). The lowest BCUT2D eigenvalue weighted by Crippen LogP contribution is -2.31. The van der Waals surface area contributed by atoms with Gasteiger partial charge in [-0.2, -0.15) is 13.2 Å². The number of anilines is 1. The number of ether oxygens (including phenoxy) is 1. The Hall–Kier alpha value is -2.88. The van der Waals surface area contributed by atoms with Gasteiger partial charge in [0.25, 0.3) is 5.69 Å². The van der Waals surface area contributed by atoms with Gasteiger partial charge in [-0.1, -0.05) is 20.8 Å². The van der Waals surface area contributed by atoms with Crippen LogP contribution < -0.4 is 10.1 Å². The third-order valence-corrected chi connectivity index (χ3v) is 7.56. The number of aryl methyl sites for hydroxylation is 1. The van der Waals surface area contributed by atoms with E-state index in [1.165, 1.54) is 25.3 Å². The van der Waals surface area contributed by atoms with Gasteiger partial charge in [-0.05, 0) is 107 Å². The van der Waals surface area contributed by atoms with Crippen LogP contribution in [-0.2, 0) is 12.6 Å². The number of nitrogens with one attached hydrogen (secondary N) is 1. The van der Waals surface area contributed by atoms with Crippen LogP contribution in [0, 0.1) is 16.0 Å². The van der Waals surface area contributed by atoms with Crippen LogP contribution in [0.15, 0.2) is 36.7 Å². The highest BCUT2D eigenvalue weighted by molar-refractivity contribution is 5.55. The highest BCUT2D eigenvalue weighted by Crippen LogP contribution is 2.38. The smallest absolute Gasteiger partial charge is 0.423 e. The molecule has 10 heteroatoms. The van der Waals surface area contributed by atoms with E-state index >= 15 is 0 Å². The van der Waals surface area contributed by atoms with E-state index in [9.17, 15) is 23.3 Å². The van der Waals surface area contributed by atoms with E-state index in [0.29, 0.717) is 5.92 Å². The summed E-state index contributed by atoms with van der Waals surface area (Å²) in [5.41, 5.74) is -0.781. The van der Waals surface area contributed by atoms with Gasteiger partial charge in [0.1, 0.15) is 11.3 Å². The highest BCUT2D eigenvalue weighted by atomic mass is 19.4. The third-order valence-electron chi connectivity index (χ3n) is 7.56. The maximum absolute atomic E-state index is 13.3. The second-order valence-electron chi connectivity index (χ2n) is 11.0. The molecule has 1 atom stereocenters. The average molecular weight is 565 g/mol. The number of pyridine rings is 1. The SMILES string of the molecule is CCCN(CCC)CCC(C)CCc1cncc(O[C@H]2CC[C@H](Nc3ccc([N+](=O)[O-])c(C(F)(F)F)c3)CC2)c1. The summed E-state index contributed by atoms with van der Waals surface area (Å²) in [5, 5.41) is 14.1. The molecule has 1 aliphatic rings. The zero-order valence-corrected chi connectivity index (χ0v) is 23.9. The first-order valence-corrected chi connectivity index (χ1v) is 14.5. The van der Waals surface area contributed by atoms with Crippen LogP contribution in [0.2, 0.25) is 0 Å². The number of hydrogen-bond donors (Lipinski definition) is 1. The molecule has 2 aromatic rings. The van der Waals surface area contributed by atoms with E-state index in [2.05, 4.69) is 42.0 Å². The Labute approximate surface area is 235 Å². The predicted molar refractivity (Wildman–Crippen MR) is 152 cm³/mol. The second kappa shape index (κ2) is 15.2. The fourth-order valence-electron chi connectivity index (χ4n) is 5.36. The molecule has 1 unspecified atom stereocenters. The summed E-state index contributed by atoms with van der Waals surface area (Å²) in [6.07, 6.45) is 7.44. The molecule has 0 bridgehead atoms. The number of nitro benzene ring substituents is 1. The molecule has 7 nitrogen and oxygen atoms in total. The predicted octanol–water partition coefficient (Wildman–Crippen LogP) is 7.89. The van der Waals surface area contributed by atoms with Crippen molar-refractivity contribution in [1.29, 1.82) is 0 Å². The number of rotatable bonds is 15. The molecular formula is C30H43F3N4O3. The van der Waals surface area contributed by atoms with Crippen molar-refractivity contribution in [1.82, 2.24) is 9.88 Å². The van der Waals surface area contributed by atoms with E-state index in [4.69, 9.17) is 4.74 Å². The summed E-state index contributed by atoms with van der Waals surface area (Å²) < 4.78 is 46.1. The van der Waals surface area contributed by atoms with E-state index in [-0.39, 0.29) is 17.8 Å². The van der Waals surface area contributed by atoms with E-state index in [1.807, 2.05) is 6.20 Å². The molecule has 0 radical (unpaired) electrons. The number of nitrogens with zero attached hydrogens (tertiary/aromatic N) is 3. The van der Waals surface area contributed by atoms with Gasteiger partial charge in [0.15, 0.2) is 0 Å². The second-order valence-corrected chi connectivity index (χ2v) is 11.0. The van der Waals surface area contributed by atoms with Crippen LogP contribution >= 0.6 is 0 Å². The van der Waals surface area contributed by atoms with Crippen molar-refractivity contribution in [2.75, 3.05) is 25.0 Å². The van der Waals surface area contributed by atoms with Crippen LogP contribution in [0.25, 0.3) is 0 Å². The molecule has 1 aliphatic carbocycles. The normalized spacial score (nSPS) is 18.5. The molecule has 1 saturated carbocycles. The summed E-state index contributed by atoms with van der Waals surface area (Å²) in [7, 11) is 0. The standard InChI is InChI=1S/C30H43F3N4O3/c1-4-15-36(16-5-2)17-14-22(3)6-7-23-18-27(21-34-20-23)40-26-11-8-24(9-12-26)35-25-10-13-29(37(38)39)28(19-25)30(31,32)33/h10,13,18-22,24,26,35H,4-9,11-12,14-17H2,1-3H3/t22?,24-,26-. The van der Waals surface area contributed by atoms with E-state index in [1.54, 1.807) is 6.20 Å². The zero-order valence-electron chi connectivity index (χ0n) is 23.9. The van der Waals surface area contributed by atoms with Crippen LogP contribution in [-0.4, -0.2) is 46.6 Å². The molecule has 0 aliphatic heterocycles. The fraction of sp³-hybridized carbons (Fsp3) is 0.633. The third kappa shape index (κ3) is 9.94. The van der Waals surface area contributed by atoms with Gasteiger partial charge in [-0.3, -0.25) is 15.1 Å². The van der Waals surface area contributed by atoms with E-state index < -0.39 is 22.4 Å². The molecular weight excluding hydrogens is 521 g/mol. The lowest BCUT2D eigenvalue weighted by molar-refractivity contribution is -0.388. The minimum absolute atomic E-state index is 0.0136. The minimum Gasteiger partial charge on any atom is -0.489 e. The molecule has 1 heterocycles. The minimum atomic E-state index is -4.79. The summed E-state index contributed by atoms with van der Waals surface area (Å²) in [5.74, 6) is 1.38. The maximum atomic E-state index is 13.3. The lowest BCUT2D eigenvalue weighted by Gasteiger charge is -2.30. The molecule has 40 heavy (non-hydrogen) atoms. The number of benzene rings is 1. The average Bonchev–Trinajstić information content (AvgIpc) is 2.91. The van der Waals surface area contributed by atoms with Crippen molar-refractivity contribution < 1.29 is 22.8 Å². The molecule has 1 fully saturated rings. The number of aromatic nitrogens is 1. The van der Waals surface area contributed by atoms with Gasteiger partial charge in [-0.25, -0.2) is 0 Å². The zero-order chi connectivity index (χ0) is 29.1. The summed E-state index contributed by atoms with van der Waals surface area (Å²) in [6.45, 7) is 10.3. The monoisotopic (exact) mass is 564 g/mol. The first kappa shape index (κ1) is 31.6.